The van der Waals surface area contributed by atoms with Crippen LogP contribution in [-0.2, 0) is 4.79 Å². The molecule has 17 heavy (non-hydrogen) atoms. The van der Waals surface area contributed by atoms with Crippen molar-refractivity contribution < 1.29 is 9.90 Å². The van der Waals surface area contributed by atoms with Crippen LogP contribution in [0.4, 0.5) is 0 Å². The minimum atomic E-state index is -0.741. The van der Waals surface area contributed by atoms with E-state index < -0.39 is 11.5 Å². The zero-order valence-electron chi connectivity index (χ0n) is 11.7. The van der Waals surface area contributed by atoms with Crippen molar-refractivity contribution in [3.05, 3.63) is 0 Å². The Kier molecular flexibility index (Phi) is 4.99. The van der Waals surface area contributed by atoms with E-state index in [0.717, 1.165) is 19.0 Å². The number of rotatable bonds is 5. The first kappa shape index (κ1) is 14.5. The van der Waals surface area contributed by atoms with Gasteiger partial charge in [-0.1, -0.05) is 26.7 Å². The molecule has 0 aliphatic heterocycles. The Bertz CT molecular complexity index is 263. The third kappa shape index (κ3) is 3.70. The van der Waals surface area contributed by atoms with Gasteiger partial charge >= 0.3 is 5.97 Å². The number of carboxylic acid groups (broad SMARTS) is 1. The van der Waals surface area contributed by atoms with Crippen LogP contribution in [0.2, 0.25) is 0 Å². The number of carbonyl (C=O) groups is 1. The van der Waals surface area contributed by atoms with E-state index in [1.54, 1.807) is 0 Å². The summed E-state index contributed by atoms with van der Waals surface area (Å²) in [5, 5.41) is 9.28. The monoisotopic (exact) mass is 241 g/mol. The van der Waals surface area contributed by atoms with E-state index in [1.165, 1.54) is 25.7 Å². The van der Waals surface area contributed by atoms with E-state index in [4.69, 9.17) is 0 Å². The molecule has 1 aliphatic rings. The van der Waals surface area contributed by atoms with Gasteiger partial charge in [0.1, 0.15) is 5.54 Å². The molecule has 1 saturated carbocycles. The van der Waals surface area contributed by atoms with Crippen LogP contribution < -0.4 is 0 Å². The first-order valence-corrected chi connectivity index (χ1v) is 6.86. The molecule has 0 spiro atoms. The smallest absolute Gasteiger partial charge is 0.323 e. The van der Waals surface area contributed by atoms with Crippen molar-refractivity contribution in [2.45, 2.75) is 58.9 Å². The lowest BCUT2D eigenvalue weighted by Crippen LogP contribution is -2.52. The summed E-state index contributed by atoms with van der Waals surface area (Å²) in [6.45, 7) is 9.72. The molecule has 1 aliphatic carbocycles. The van der Waals surface area contributed by atoms with Crippen molar-refractivity contribution in [3.8, 4) is 0 Å². The Morgan fingerprint density at radius 2 is 2.06 bits per heavy atom. The van der Waals surface area contributed by atoms with Crippen molar-refractivity contribution in [3.63, 3.8) is 0 Å². The Morgan fingerprint density at radius 1 is 1.41 bits per heavy atom. The summed E-state index contributed by atoms with van der Waals surface area (Å²) >= 11 is 0. The van der Waals surface area contributed by atoms with Crippen LogP contribution in [0.1, 0.15) is 53.4 Å². The van der Waals surface area contributed by atoms with Gasteiger partial charge in [-0.25, -0.2) is 0 Å². The lowest BCUT2D eigenvalue weighted by molar-refractivity contribution is -0.149. The van der Waals surface area contributed by atoms with Crippen molar-refractivity contribution >= 4 is 5.97 Å². The Labute approximate surface area is 105 Å². The van der Waals surface area contributed by atoms with E-state index in [1.807, 2.05) is 13.8 Å². The van der Waals surface area contributed by atoms with E-state index in [9.17, 15) is 9.90 Å². The highest BCUT2D eigenvalue weighted by molar-refractivity contribution is 5.77. The molecule has 1 rings (SSSR count). The molecule has 0 aromatic rings. The standard InChI is InChI=1S/C14H27NO2/c1-5-15(14(3,4)13(16)17)10-12-8-6-7-11(2)9-12/h11-12H,5-10H2,1-4H3,(H,16,17). The predicted octanol–water partition coefficient (Wildman–Crippen LogP) is 3.00. The molecule has 2 atom stereocenters. The second kappa shape index (κ2) is 5.85. The molecule has 1 fully saturated rings. The molecule has 0 amide bonds. The summed E-state index contributed by atoms with van der Waals surface area (Å²) in [6, 6.07) is 0. The van der Waals surface area contributed by atoms with Gasteiger partial charge in [0.25, 0.3) is 0 Å². The number of aliphatic carboxylic acids is 1. The highest BCUT2D eigenvalue weighted by atomic mass is 16.4. The third-order valence-electron chi connectivity index (χ3n) is 4.22. The van der Waals surface area contributed by atoms with Crippen LogP contribution >= 0.6 is 0 Å². The molecule has 1 N–H and O–H groups in total. The number of carboxylic acids is 1. The molecule has 3 heteroatoms. The number of hydrogen-bond acceptors (Lipinski definition) is 2. The number of likely N-dealkylation sites (N-methyl/N-ethyl adjacent to an activating group) is 1. The lowest BCUT2D eigenvalue weighted by Gasteiger charge is -2.38. The van der Waals surface area contributed by atoms with Gasteiger partial charge in [0.2, 0.25) is 0 Å². The largest absolute Gasteiger partial charge is 0.480 e. The van der Waals surface area contributed by atoms with E-state index in [2.05, 4.69) is 18.7 Å². The molecular weight excluding hydrogens is 214 g/mol. The first-order chi connectivity index (χ1) is 7.87. The second-order valence-electron chi connectivity index (χ2n) is 6.04. The second-order valence-corrected chi connectivity index (χ2v) is 6.04. The minimum Gasteiger partial charge on any atom is -0.480 e. The van der Waals surface area contributed by atoms with Gasteiger partial charge in [-0.3, -0.25) is 9.69 Å². The number of hydrogen-bond donors (Lipinski definition) is 1. The summed E-state index contributed by atoms with van der Waals surface area (Å²) in [6.07, 6.45) is 5.16. The van der Waals surface area contributed by atoms with Gasteiger partial charge in [0.15, 0.2) is 0 Å². The van der Waals surface area contributed by atoms with Crippen molar-refractivity contribution in [1.82, 2.24) is 4.90 Å². The summed E-state index contributed by atoms with van der Waals surface area (Å²) in [5.41, 5.74) is -0.741. The summed E-state index contributed by atoms with van der Waals surface area (Å²) in [7, 11) is 0. The van der Waals surface area contributed by atoms with Crippen molar-refractivity contribution in [2.75, 3.05) is 13.1 Å². The molecule has 0 aromatic heterocycles. The van der Waals surface area contributed by atoms with Crippen LogP contribution in [0.3, 0.4) is 0 Å². The predicted molar refractivity (Wildman–Crippen MR) is 70.1 cm³/mol. The van der Waals surface area contributed by atoms with Crippen LogP contribution in [0.5, 0.6) is 0 Å². The molecular formula is C14H27NO2. The molecule has 2 unspecified atom stereocenters. The fourth-order valence-electron chi connectivity index (χ4n) is 2.93. The zero-order chi connectivity index (χ0) is 13.1. The summed E-state index contributed by atoms with van der Waals surface area (Å²) in [4.78, 5) is 13.4. The first-order valence-electron chi connectivity index (χ1n) is 6.86. The van der Waals surface area contributed by atoms with Crippen LogP contribution in [0, 0.1) is 11.8 Å². The molecule has 0 bridgehead atoms. The Hall–Kier alpha value is -0.570. The quantitative estimate of drug-likeness (QED) is 0.804. The summed E-state index contributed by atoms with van der Waals surface area (Å²) in [5.74, 6) is 0.765. The van der Waals surface area contributed by atoms with Crippen molar-refractivity contribution in [2.24, 2.45) is 11.8 Å². The SMILES string of the molecule is CCN(CC1CCCC(C)C1)C(C)(C)C(=O)O. The van der Waals surface area contributed by atoms with Gasteiger partial charge in [-0.15, -0.1) is 0 Å². The summed E-state index contributed by atoms with van der Waals surface area (Å²) < 4.78 is 0. The van der Waals surface area contributed by atoms with Crippen LogP contribution in [0.25, 0.3) is 0 Å². The maximum absolute atomic E-state index is 11.3. The molecule has 0 radical (unpaired) electrons. The molecule has 3 nitrogen and oxygen atoms in total. The Morgan fingerprint density at radius 3 is 2.53 bits per heavy atom. The lowest BCUT2D eigenvalue weighted by atomic mass is 9.81. The van der Waals surface area contributed by atoms with Gasteiger partial charge in [-0.2, -0.15) is 0 Å². The van der Waals surface area contributed by atoms with Crippen LogP contribution in [0.15, 0.2) is 0 Å². The molecule has 0 heterocycles. The molecule has 0 saturated heterocycles. The number of nitrogens with zero attached hydrogens (tertiary/aromatic N) is 1. The average molecular weight is 241 g/mol. The minimum absolute atomic E-state index is 0.678. The van der Waals surface area contributed by atoms with Gasteiger partial charge in [0.05, 0.1) is 0 Å². The normalized spacial score (nSPS) is 26.2. The molecule has 100 valence electrons. The highest BCUT2D eigenvalue weighted by Gasteiger charge is 2.35. The van der Waals surface area contributed by atoms with E-state index in [0.29, 0.717) is 5.92 Å². The van der Waals surface area contributed by atoms with Gasteiger partial charge in [-0.05, 0) is 45.1 Å². The van der Waals surface area contributed by atoms with Gasteiger partial charge < -0.3 is 5.11 Å². The Balaban J connectivity index is 2.60. The maximum Gasteiger partial charge on any atom is 0.323 e. The van der Waals surface area contributed by atoms with E-state index in [-0.39, 0.29) is 0 Å². The third-order valence-corrected chi connectivity index (χ3v) is 4.22. The maximum atomic E-state index is 11.3. The fraction of sp³-hybridized carbons (Fsp3) is 0.929. The highest BCUT2D eigenvalue weighted by Crippen LogP contribution is 2.30. The average Bonchev–Trinajstić information content (AvgIpc) is 2.25. The fourth-order valence-corrected chi connectivity index (χ4v) is 2.93. The topological polar surface area (TPSA) is 40.5 Å². The van der Waals surface area contributed by atoms with E-state index >= 15 is 0 Å². The van der Waals surface area contributed by atoms with Gasteiger partial charge in [0, 0.05) is 6.54 Å². The van der Waals surface area contributed by atoms with Crippen LogP contribution in [-0.4, -0.2) is 34.6 Å². The molecule has 0 aromatic carbocycles. The van der Waals surface area contributed by atoms with Crippen molar-refractivity contribution in [1.29, 1.82) is 0 Å². The zero-order valence-corrected chi connectivity index (χ0v) is 11.7.